The Labute approximate surface area is 156 Å². The maximum atomic E-state index is 5.63. The predicted octanol–water partition coefficient (Wildman–Crippen LogP) is 4.02. The minimum Gasteiger partial charge on any atom is -0.346 e. The summed E-state index contributed by atoms with van der Waals surface area (Å²) in [7, 11) is 0. The molecular weight excluding hydrogens is 334 g/mol. The van der Waals surface area contributed by atoms with Gasteiger partial charge in [-0.3, -0.25) is 4.90 Å². The first-order valence-corrected chi connectivity index (χ1v) is 10.7. The lowest BCUT2D eigenvalue weighted by molar-refractivity contribution is 0.126. The van der Waals surface area contributed by atoms with E-state index in [-0.39, 0.29) is 0 Å². The van der Waals surface area contributed by atoms with E-state index in [9.17, 15) is 0 Å². The Bertz CT molecular complexity index is 530. The first-order valence-electron chi connectivity index (χ1n) is 9.11. The third-order valence-corrected chi connectivity index (χ3v) is 6.55. The number of hydrogen-bond donors (Lipinski definition) is 1. The van der Waals surface area contributed by atoms with Gasteiger partial charge in [-0.15, -0.1) is 0 Å². The Morgan fingerprint density at radius 2 is 1.71 bits per heavy atom. The van der Waals surface area contributed by atoms with E-state index in [0.29, 0.717) is 5.92 Å². The van der Waals surface area contributed by atoms with Gasteiger partial charge in [0.25, 0.3) is 0 Å². The average Bonchev–Trinajstić information content (AvgIpc) is 2.63. The van der Waals surface area contributed by atoms with Crippen LogP contribution in [-0.4, -0.2) is 58.6 Å². The summed E-state index contributed by atoms with van der Waals surface area (Å²) in [5, 5.41) is 4.27. The predicted molar refractivity (Wildman–Crippen MR) is 110 cm³/mol. The van der Waals surface area contributed by atoms with Crippen LogP contribution in [0.4, 0.5) is 5.69 Å². The molecule has 2 aliphatic rings. The molecule has 2 saturated heterocycles. The van der Waals surface area contributed by atoms with Crippen LogP contribution < -0.4 is 5.32 Å². The normalized spacial score (nSPS) is 20.4. The van der Waals surface area contributed by atoms with Crippen molar-refractivity contribution in [1.29, 1.82) is 0 Å². The lowest BCUT2D eigenvalue weighted by Gasteiger charge is -2.41. The van der Waals surface area contributed by atoms with Gasteiger partial charge in [0.15, 0.2) is 5.11 Å². The molecule has 1 N–H and O–H groups in total. The van der Waals surface area contributed by atoms with Gasteiger partial charge < -0.3 is 10.2 Å². The average molecular weight is 364 g/mol. The van der Waals surface area contributed by atoms with Crippen LogP contribution in [0.1, 0.15) is 38.2 Å². The van der Waals surface area contributed by atoms with Crippen molar-refractivity contribution in [3.05, 3.63) is 29.8 Å². The number of thioether (sulfide) groups is 1. The second kappa shape index (κ2) is 8.54. The first kappa shape index (κ1) is 18.0. The molecule has 0 spiro atoms. The third-order valence-electron chi connectivity index (χ3n) is 5.14. The van der Waals surface area contributed by atoms with Crippen molar-refractivity contribution >= 4 is 34.8 Å². The van der Waals surface area contributed by atoms with Gasteiger partial charge in [-0.05, 0) is 60.2 Å². The molecule has 0 aromatic heterocycles. The highest BCUT2D eigenvalue weighted by atomic mass is 32.2. The Morgan fingerprint density at radius 1 is 1.08 bits per heavy atom. The summed E-state index contributed by atoms with van der Waals surface area (Å²) in [5.41, 5.74) is 2.46. The molecule has 132 valence electrons. The Morgan fingerprint density at radius 3 is 2.29 bits per heavy atom. The van der Waals surface area contributed by atoms with Crippen molar-refractivity contribution in [3.8, 4) is 0 Å². The quantitative estimate of drug-likeness (QED) is 0.815. The standard InChI is InChI=1S/C19H29N3S2/c1-15(2)16-3-5-17(6-4-16)20-19(23)22-11-9-21(10-12-22)18-7-13-24-14-8-18/h3-6,15,18H,7-14H2,1-2H3,(H,20,23). The number of nitrogens with zero attached hydrogens (tertiary/aromatic N) is 2. The summed E-state index contributed by atoms with van der Waals surface area (Å²) in [6.07, 6.45) is 2.71. The van der Waals surface area contributed by atoms with Crippen LogP contribution in [-0.2, 0) is 0 Å². The SMILES string of the molecule is CC(C)c1ccc(NC(=S)N2CCN(C3CCSCC3)CC2)cc1. The third kappa shape index (κ3) is 4.64. The number of thiocarbonyl (C=S) groups is 1. The van der Waals surface area contributed by atoms with Crippen molar-refractivity contribution in [2.24, 2.45) is 0 Å². The Kier molecular flexibility index (Phi) is 6.42. The summed E-state index contributed by atoms with van der Waals surface area (Å²) in [5.74, 6) is 3.23. The van der Waals surface area contributed by atoms with Crippen molar-refractivity contribution in [1.82, 2.24) is 9.80 Å². The van der Waals surface area contributed by atoms with Crippen molar-refractivity contribution in [3.63, 3.8) is 0 Å². The van der Waals surface area contributed by atoms with E-state index in [1.165, 1.54) is 29.9 Å². The highest BCUT2D eigenvalue weighted by Gasteiger charge is 2.26. The lowest BCUT2D eigenvalue weighted by Crippen LogP contribution is -2.53. The summed E-state index contributed by atoms with van der Waals surface area (Å²) >= 11 is 7.73. The van der Waals surface area contributed by atoms with Gasteiger partial charge in [0.1, 0.15) is 0 Å². The van der Waals surface area contributed by atoms with Gasteiger partial charge in [0.05, 0.1) is 0 Å². The van der Waals surface area contributed by atoms with Crippen LogP contribution in [0.15, 0.2) is 24.3 Å². The molecule has 0 amide bonds. The van der Waals surface area contributed by atoms with Gasteiger partial charge in [-0.1, -0.05) is 26.0 Å². The molecule has 5 heteroatoms. The van der Waals surface area contributed by atoms with Gasteiger partial charge in [-0.25, -0.2) is 0 Å². The fourth-order valence-corrected chi connectivity index (χ4v) is 4.88. The van der Waals surface area contributed by atoms with E-state index in [2.05, 4.69) is 65.0 Å². The molecule has 1 aromatic rings. The summed E-state index contributed by atoms with van der Waals surface area (Å²) < 4.78 is 0. The first-order chi connectivity index (χ1) is 11.6. The van der Waals surface area contributed by atoms with Crippen LogP contribution in [0.25, 0.3) is 0 Å². The van der Waals surface area contributed by atoms with Crippen LogP contribution >= 0.6 is 24.0 Å². The molecule has 0 bridgehead atoms. The van der Waals surface area contributed by atoms with E-state index in [4.69, 9.17) is 12.2 Å². The van der Waals surface area contributed by atoms with Crippen LogP contribution in [0.5, 0.6) is 0 Å². The van der Waals surface area contributed by atoms with Crippen molar-refractivity contribution in [2.75, 3.05) is 43.0 Å². The molecule has 0 saturated carbocycles. The number of piperazine rings is 1. The molecule has 0 unspecified atom stereocenters. The number of benzene rings is 1. The number of rotatable bonds is 3. The van der Waals surface area contributed by atoms with E-state index >= 15 is 0 Å². The Hall–Kier alpha value is -0.780. The molecule has 2 fully saturated rings. The zero-order valence-electron chi connectivity index (χ0n) is 14.8. The lowest BCUT2D eigenvalue weighted by atomic mass is 10.0. The maximum Gasteiger partial charge on any atom is 0.173 e. The molecule has 3 nitrogen and oxygen atoms in total. The minimum absolute atomic E-state index is 0.567. The second-order valence-corrected chi connectivity index (χ2v) is 8.68. The summed E-state index contributed by atoms with van der Waals surface area (Å²) in [6, 6.07) is 9.46. The summed E-state index contributed by atoms with van der Waals surface area (Å²) in [6.45, 7) is 8.81. The zero-order chi connectivity index (χ0) is 16.9. The minimum atomic E-state index is 0.567. The van der Waals surface area contributed by atoms with Crippen molar-refractivity contribution in [2.45, 2.75) is 38.6 Å². The highest BCUT2D eigenvalue weighted by molar-refractivity contribution is 7.99. The smallest absolute Gasteiger partial charge is 0.173 e. The molecule has 24 heavy (non-hydrogen) atoms. The molecule has 1 aromatic carbocycles. The number of anilines is 1. The fraction of sp³-hybridized carbons (Fsp3) is 0.632. The molecule has 0 aliphatic carbocycles. The van der Waals surface area contributed by atoms with E-state index in [0.717, 1.165) is 43.0 Å². The molecular formula is C19H29N3S2. The molecule has 0 atom stereocenters. The van der Waals surface area contributed by atoms with Gasteiger partial charge in [0, 0.05) is 37.9 Å². The number of nitrogens with one attached hydrogen (secondary N) is 1. The topological polar surface area (TPSA) is 18.5 Å². The highest BCUT2D eigenvalue weighted by Crippen LogP contribution is 2.23. The number of hydrogen-bond acceptors (Lipinski definition) is 3. The fourth-order valence-electron chi connectivity index (χ4n) is 3.49. The second-order valence-electron chi connectivity index (χ2n) is 7.07. The largest absolute Gasteiger partial charge is 0.346 e. The molecule has 0 radical (unpaired) electrons. The molecule has 2 aliphatic heterocycles. The zero-order valence-corrected chi connectivity index (χ0v) is 16.5. The van der Waals surface area contributed by atoms with Crippen LogP contribution in [0.2, 0.25) is 0 Å². The molecule has 3 rings (SSSR count). The molecule has 2 heterocycles. The van der Waals surface area contributed by atoms with Crippen molar-refractivity contribution < 1.29 is 0 Å². The monoisotopic (exact) mass is 363 g/mol. The summed E-state index contributed by atoms with van der Waals surface area (Å²) in [4.78, 5) is 5.00. The van der Waals surface area contributed by atoms with E-state index in [1.807, 2.05) is 0 Å². The van der Waals surface area contributed by atoms with Gasteiger partial charge in [0.2, 0.25) is 0 Å². The van der Waals surface area contributed by atoms with Gasteiger partial charge in [-0.2, -0.15) is 11.8 Å². The van der Waals surface area contributed by atoms with Crippen LogP contribution in [0.3, 0.4) is 0 Å². The Balaban J connectivity index is 1.48. The van der Waals surface area contributed by atoms with E-state index < -0.39 is 0 Å². The van der Waals surface area contributed by atoms with Crippen LogP contribution in [0, 0.1) is 0 Å². The van der Waals surface area contributed by atoms with E-state index in [1.54, 1.807) is 0 Å². The maximum absolute atomic E-state index is 5.63. The van der Waals surface area contributed by atoms with Gasteiger partial charge >= 0.3 is 0 Å².